The molecule has 5 N–H and O–H groups in total. The van der Waals surface area contributed by atoms with Crippen molar-refractivity contribution in [3.8, 4) is 17.2 Å². The topological polar surface area (TPSA) is 145 Å². The molecule has 0 spiro atoms. The molecule has 1 aromatic heterocycles. The Kier molecular flexibility index (Phi) is 11.0. The lowest BCUT2D eigenvalue weighted by molar-refractivity contribution is -0.0336. The molecule has 11 nitrogen and oxygen atoms in total. The minimum Gasteiger partial charge on any atom is -0.506 e. The number of aromatic hydroxyl groups is 1. The zero-order valence-electron chi connectivity index (χ0n) is 28.9. The molecule has 0 saturated carbocycles. The number of benzene rings is 4. The Morgan fingerprint density at radius 1 is 0.865 bits per heavy atom. The number of carbonyl (C=O) groups is 1. The van der Waals surface area contributed by atoms with Crippen molar-refractivity contribution in [2.45, 2.75) is 37.6 Å². The zero-order valence-corrected chi connectivity index (χ0v) is 28.9. The van der Waals surface area contributed by atoms with Gasteiger partial charge in [-0.25, -0.2) is 4.79 Å². The van der Waals surface area contributed by atoms with Gasteiger partial charge in [-0.05, 0) is 90.5 Å². The molecule has 8 rings (SSSR count). The van der Waals surface area contributed by atoms with Crippen molar-refractivity contribution in [1.82, 2.24) is 20.5 Å². The summed E-state index contributed by atoms with van der Waals surface area (Å²) in [7, 11) is 0. The molecule has 3 aliphatic rings. The highest BCUT2D eigenvalue weighted by molar-refractivity contribution is 5.87. The number of aliphatic hydroxyl groups is 1. The number of nitrogens with zero attached hydrogens (tertiary/aromatic N) is 1. The molecule has 11 heteroatoms. The lowest BCUT2D eigenvalue weighted by Crippen LogP contribution is -2.52. The van der Waals surface area contributed by atoms with Crippen LogP contribution in [0.15, 0.2) is 108 Å². The molecule has 0 aliphatic carbocycles. The second kappa shape index (κ2) is 16.3. The average molecular weight is 705 g/mol. The largest absolute Gasteiger partial charge is 0.506 e. The second-order valence-corrected chi connectivity index (χ2v) is 13.4. The number of rotatable bonds is 14. The van der Waals surface area contributed by atoms with Gasteiger partial charge < -0.3 is 40.0 Å². The molecule has 2 bridgehead atoms. The van der Waals surface area contributed by atoms with E-state index in [2.05, 4.69) is 20.5 Å². The molecule has 5 aromatic rings. The van der Waals surface area contributed by atoms with Crippen LogP contribution in [-0.4, -0.2) is 71.7 Å². The van der Waals surface area contributed by atoms with Crippen LogP contribution in [0, 0.1) is 5.92 Å². The fourth-order valence-electron chi connectivity index (χ4n) is 7.20. The number of alkyl carbamates (subject to hydrolysis) is 1. The number of phenolic OH excluding ortho intramolecular Hbond substituents is 1. The Balaban J connectivity index is 0.904. The number of hydrogen-bond acceptors (Lipinski definition) is 9. The van der Waals surface area contributed by atoms with Crippen LogP contribution in [0.3, 0.4) is 0 Å². The van der Waals surface area contributed by atoms with Crippen LogP contribution in [0.25, 0.3) is 10.9 Å². The summed E-state index contributed by atoms with van der Waals surface area (Å²) in [5.74, 6) is 1.74. The Labute approximate surface area is 302 Å². The van der Waals surface area contributed by atoms with E-state index in [1.807, 2.05) is 78.9 Å². The fraction of sp³-hybridized carbons (Fsp3) is 0.317. The maximum atomic E-state index is 13.2. The van der Waals surface area contributed by atoms with Gasteiger partial charge in [0.2, 0.25) is 5.56 Å². The van der Waals surface area contributed by atoms with E-state index in [1.54, 1.807) is 12.1 Å². The number of carbonyl (C=O) groups excluding carboxylic acids is 1. The minimum absolute atomic E-state index is 0.0465. The molecule has 3 saturated heterocycles. The highest BCUT2D eigenvalue weighted by Gasteiger charge is 2.37. The van der Waals surface area contributed by atoms with Crippen molar-refractivity contribution in [3.05, 3.63) is 136 Å². The molecule has 1 amide bonds. The number of ether oxygens (including phenoxy) is 3. The number of nitrogens with one attached hydrogen (secondary N) is 3. The quantitative estimate of drug-likeness (QED) is 0.0957. The first-order chi connectivity index (χ1) is 25.4. The standard InChI is InChI=1S/C41H44N4O7/c46-35-14-12-33(34-13-15-38(48)43-40(34)35)36(47)25-42-24-27-6-4-10-31(22-27)50-20-21-51-32-11-5-9-30(23-32)39(29-7-2-1-3-8-29)44-41(49)52-37-26-45-18-16-28(37)17-19-45/h1-15,22-23,28,36-37,39,42,46-47H,16-21,24-26H2,(H,43,48)(H,44,49)/t36?,37?,39-/m0/s1. The van der Waals surface area contributed by atoms with E-state index in [1.165, 1.54) is 12.1 Å². The first-order valence-electron chi connectivity index (χ1n) is 17.8. The summed E-state index contributed by atoms with van der Waals surface area (Å²) < 4.78 is 18.0. The molecule has 3 atom stereocenters. The van der Waals surface area contributed by atoms with Gasteiger partial charge >= 0.3 is 6.09 Å². The average Bonchev–Trinajstić information content (AvgIpc) is 3.17. The molecule has 4 heterocycles. The molecule has 3 fully saturated rings. The number of piperidine rings is 3. The molecule has 2 unspecified atom stereocenters. The number of aliphatic hydroxyl groups excluding tert-OH is 1. The molecule has 4 aromatic carbocycles. The van der Waals surface area contributed by atoms with Crippen LogP contribution in [0.5, 0.6) is 17.2 Å². The lowest BCUT2D eigenvalue weighted by Gasteiger charge is -2.43. The SMILES string of the molecule is O=C(N[C@@H](c1ccccc1)c1cccc(OCCOc2cccc(CNCC(O)c3ccc(O)c4[nH]c(=O)ccc34)c2)c1)OC1CN2CCC1CC2. The first kappa shape index (κ1) is 35.1. The van der Waals surface area contributed by atoms with E-state index in [4.69, 9.17) is 14.2 Å². The summed E-state index contributed by atoms with van der Waals surface area (Å²) in [5.41, 5.74) is 3.39. The van der Waals surface area contributed by atoms with E-state index >= 15 is 0 Å². The summed E-state index contributed by atoms with van der Waals surface area (Å²) >= 11 is 0. The Bertz CT molecular complexity index is 2030. The van der Waals surface area contributed by atoms with E-state index in [-0.39, 0.29) is 24.0 Å². The second-order valence-electron chi connectivity index (χ2n) is 13.4. The van der Waals surface area contributed by atoms with Gasteiger partial charge in [0.25, 0.3) is 0 Å². The third-order valence-corrected chi connectivity index (χ3v) is 9.89. The summed E-state index contributed by atoms with van der Waals surface area (Å²) in [6.45, 7) is 4.36. The minimum atomic E-state index is -0.855. The lowest BCUT2D eigenvalue weighted by atomic mass is 9.86. The van der Waals surface area contributed by atoms with Gasteiger partial charge in [0.15, 0.2) is 0 Å². The number of aromatic amines is 1. The van der Waals surface area contributed by atoms with Gasteiger partial charge in [0.05, 0.1) is 17.7 Å². The summed E-state index contributed by atoms with van der Waals surface area (Å²) in [6.07, 6.45) is 0.802. The molecule has 270 valence electrons. The normalized spacial score (nSPS) is 19.1. The van der Waals surface area contributed by atoms with Gasteiger partial charge in [0.1, 0.15) is 36.6 Å². The van der Waals surface area contributed by atoms with Crippen LogP contribution >= 0.6 is 0 Å². The van der Waals surface area contributed by atoms with Crippen molar-refractivity contribution in [2.75, 3.05) is 39.4 Å². The Morgan fingerprint density at radius 3 is 2.35 bits per heavy atom. The third-order valence-electron chi connectivity index (χ3n) is 9.89. The van der Waals surface area contributed by atoms with Gasteiger partial charge in [-0.1, -0.05) is 60.7 Å². The Hall–Kier alpha value is -5.36. The summed E-state index contributed by atoms with van der Waals surface area (Å²) in [5, 5.41) is 28.0. The van der Waals surface area contributed by atoms with E-state index in [0.29, 0.717) is 53.6 Å². The van der Waals surface area contributed by atoms with Crippen molar-refractivity contribution < 1.29 is 29.2 Å². The van der Waals surface area contributed by atoms with Crippen molar-refractivity contribution in [1.29, 1.82) is 0 Å². The maximum absolute atomic E-state index is 13.2. The Morgan fingerprint density at radius 2 is 1.60 bits per heavy atom. The number of aromatic nitrogens is 1. The van der Waals surface area contributed by atoms with Crippen LogP contribution in [0.1, 0.15) is 47.2 Å². The number of fused-ring (bicyclic) bond motifs is 4. The van der Waals surface area contributed by atoms with Gasteiger partial charge in [0, 0.05) is 31.1 Å². The van der Waals surface area contributed by atoms with Gasteiger partial charge in [-0.15, -0.1) is 0 Å². The predicted octanol–water partition coefficient (Wildman–Crippen LogP) is 5.42. The smallest absolute Gasteiger partial charge is 0.408 e. The molecule has 3 aliphatic heterocycles. The van der Waals surface area contributed by atoms with E-state index < -0.39 is 18.2 Å². The summed E-state index contributed by atoms with van der Waals surface area (Å²) in [4.78, 5) is 29.9. The van der Waals surface area contributed by atoms with Crippen LogP contribution in [-0.2, 0) is 11.3 Å². The fourth-order valence-corrected chi connectivity index (χ4v) is 7.20. The van der Waals surface area contributed by atoms with E-state index in [0.717, 1.165) is 49.2 Å². The third kappa shape index (κ3) is 8.56. The highest BCUT2D eigenvalue weighted by atomic mass is 16.6. The molecular formula is C41H44N4O7. The monoisotopic (exact) mass is 704 g/mol. The number of pyridine rings is 1. The number of hydrogen-bond donors (Lipinski definition) is 5. The number of amides is 1. The van der Waals surface area contributed by atoms with E-state index in [9.17, 15) is 19.8 Å². The summed E-state index contributed by atoms with van der Waals surface area (Å²) in [6, 6.07) is 31.0. The van der Waals surface area contributed by atoms with Crippen LogP contribution in [0.2, 0.25) is 0 Å². The molecular weight excluding hydrogens is 660 g/mol. The zero-order chi connectivity index (χ0) is 35.9. The number of H-pyrrole nitrogens is 1. The van der Waals surface area contributed by atoms with Gasteiger partial charge in [-0.2, -0.15) is 0 Å². The van der Waals surface area contributed by atoms with Crippen LogP contribution in [0.4, 0.5) is 4.79 Å². The molecule has 52 heavy (non-hydrogen) atoms. The van der Waals surface area contributed by atoms with Crippen molar-refractivity contribution >= 4 is 17.0 Å². The number of phenols is 1. The van der Waals surface area contributed by atoms with Gasteiger partial charge in [-0.3, -0.25) is 9.69 Å². The molecule has 0 radical (unpaired) electrons. The van der Waals surface area contributed by atoms with Crippen molar-refractivity contribution in [2.24, 2.45) is 5.92 Å². The predicted molar refractivity (Wildman–Crippen MR) is 198 cm³/mol. The highest BCUT2D eigenvalue weighted by Crippen LogP contribution is 2.31. The maximum Gasteiger partial charge on any atom is 0.408 e. The van der Waals surface area contributed by atoms with Crippen molar-refractivity contribution in [3.63, 3.8) is 0 Å². The van der Waals surface area contributed by atoms with Crippen LogP contribution < -0.4 is 25.7 Å². The first-order valence-corrected chi connectivity index (χ1v) is 17.8.